The van der Waals surface area contributed by atoms with E-state index in [1.54, 1.807) is 36.4 Å². The second kappa shape index (κ2) is 6.05. The Balaban J connectivity index is 1.90. The molecule has 0 heterocycles. The van der Waals surface area contributed by atoms with Gasteiger partial charge in [0.05, 0.1) is 4.90 Å². The Hall–Kier alpha value is -1.88. The van der Waals surface area contributed by atoms with Crippen LogP contribution >= 0.6 is 0 Å². The second-order valence-corrected chi connectivity index (χ2v) is 6.62. The van der Waals surface area contributed by atoms with E-state index in [1.165, 1.54) is 18.4 Å². The third kappa shape index (κ3) is 4.06. The zero-order valence-corrected chi connectivity index (χ0v) is 12.0. The molecule has 0 aliphatic heterocycles. The van der Waals surface area contributed by atoms with E-state index in [0.717, 1.165) is 17.7 Å². The van der Waals surface area contributed by atoms with Crippen molar-refractivity contribution in [3.05, 3.63) is 59.9 Å². The van der Waals surface area contributed by atoms with Crippen molar-refractivity contribution in [1.29, 1.82) is 0 Å². The van der Waals surface area contributed by atoms with E-state index in [2.05, 4.69) is 5.32 Å². The largest absolute Gasteiger partial charge is 0.385 e. The van der Waals surface area contributed by atoms with Crippen molar-refractivity contribution in [3.8, 4) is 0 Å². The Labute approximate surface area is 118 Å². The summed E-state index contributed by atoms with van der Waals surface area (Å²) < 4.78 is 35.4. The van der Waals surface area contributed by atoms with Crippen LogP contribution in [0.3, 0.4) is 0 Å². The first-order valence-electron chi connectivity index (χ1n) is 6.23. The predicted molar refractivity (Wildman–Crippen MR) is 78.1 cm³/mol. The molecule has 106 valence electrons. The molecule has 0 spiro atoms. The summed E-state index contributed by atoms with van der Waals surface area (Å²) in [5, 5.41) is 3.20. The average molecular weight is 293 g/mol. The molecule has 0 amide bonds. The van der Waals surface area contributed by atoms with Crippen LogP contribution in [0.15, 0.2) is 53.4 Å². The minimum absolute atomic E-state index is 0.238. The van der Waals surface area contributed by atoms with Gasteiger partial charge in [-0.15, -0.1) is 0 Å². The standard InChI is InChI=1S/C15H16FNO2S/c1-20(18,19)15-8-6-14(7-9-15)17-11-10-12-2-4-13(16)5-3-12/h2-9,17H,10-11H2,1H3. The Morgan fingerprint density at radius 3 is 2.15 bits per heavy atom. The Morgan fingerprint density at radius 1 is 1.00 bits per heavy atom. The lowest BCUT2D eigenvalue weighted by Crippen LogP contribution is -2.05. The number of hydrogen-bond donors (Lipinski definition) is 1. The van der Waals surface area contributed by atoms with Gasteiger partial charge in [0, 0.05) is 18.5 Å². The summed E-state index contributed by atoms with van der Waals surface area (Å²) in [5.74, 6) is -0.238. The maximum absolute atomic E-state index is 12.7. The third-order valence-corrected chi connectivity index (χ3v) is 4.07. The summed E-state index contributed by atoms with van der Waals surface area (Å²) >= 11 is 0. The van der Waals surface area contributed by atoms with Crippen LogP contribution in [-0.2, 0) is 16.3 Å². The molecule has 0 aromatic heterocycles. The lowest BCUT2D eigenvalue weighted by atomic mass is 10.1. The molecule has 2 aromatic rings. The number of hydrogen-bond acceptors (Lipinski definition) is 3. The molecule has 1 N–H and O–H groups in total. The lowest BCUT2D eigenvalue weighted by Gasteiger charge is -2.07. The number of halogens is 1. The van der Waals surface area contributed by atoms with Crippen molar-refractivity contribution < 1.29 is 12.8 Å². The highest BCUT2D eigenvalue weighted by Gasteiger charge is 2.05. The first kappa shape index (κ1) is 14.5. The zero-order valence-electron chi connectivity index (χ0n) is 11.1. The van der Waals surface area contributed by atoms with E-state index < -0.39 is 9.84 Å². The SMILES string of the molecule is CS(=O)(=O)c1ccc(NCCc2ccc(F)cc2)cc1. The van der Waals surface area contributed by atoms with Crippen molar-refractivity contribution in [2.24, 2.45) is 0 Å². The number of anilines is 1. The summed E-state index contributed by atoms with van der Waals surface area (Å²) in [4.78, 5) is 0.307. The van der Waals surface area contributed by atoms with Gasteiger partial charge in [0.25, 0.3) is 0 Å². The monoisotopic (exact) mass is 293 g/mol. The van der Waals surface area contributed by atoms with Gasteiger partial charge < -0.3 is 5.32 Å². The van der Waals surface area contributed by atoms with E-state index in [4.69, 9.17) is 0 Å². The minimum atomic E-state index is -3.15. The maximum atomic E-state index is 12.7. The van der Waals surface area contributed by atoms with Crippen LogP contribution in [0.25, 0.3) is 0 Å². The van der Waals surface area contributed by atoms with Crippen molar-refractivity contribution in [3.63, 3.8) is 0 Å². The number of sulfone groups is 1. The Kier molecular flexibility index (Phi) is 4.39. The van der Waals surface area contributed by atoms with Crippen LogP contribution in [0.2, 0.25) is 0 Å². The van der Waals surface area contributed by atoms with Gasteiger partial charge in [-0.05, 0) is 48.4 Å². The van der Waals surface area contributed by atoms with Crippen molar-refractivity contribution in [2.75, 3.05) is 18.1 Å². The van der Waals surface area contributed by atoms with Crippen LogP contribution in [0.5, 0.6) is 0 Å². The van der Waals surface area contributed by atoms with Crippen LogP contribution in [0, 0.1) is 5.82 Å². The fourth-order valence-electron chi connectivity index (χ4n) is 1.82. The molecule has 20 heavy (non-hydrogen) atoms. The second-order valence-electron chi connectivity index (χ2n) is 4.60. The Bertz CT molecular complexity index is 664. The normalized spacial score (nSPS) is 11.3. The molecule has 0 unspecified atom stereocenters. The van der Waals surface area contributed by atoms with E-state index in [-0.39, 0.29) is 5.82 Å². The molecule has 0 aliphatic carbocycles. The van der Waals surface area contributed by atoms with Crippen LogP contribution in [-0.4, -0.2) is 21.2 Å². The molecular formula is C15H16FNO2S. The summed E-state index contributed by atoms with van der Waals surface area (Å²) in [6, 6.07) is 13.0. The maximum Gasteiger partial charge on any atom is 0.175 e. The number of rotatable bonds is 5. The lowest BCUT2D eigenvalue weighted by molar-refractivity contribution is 0.602. The highest BCUT2D eigenvalue weighted by atomic mass is 32.2. The van der Waals surface area contributed by atoms with Gasteiger partial charge in [-0.1, -0.05) is 12.1 Å². The van der Waals surface area contributed by atoms with E-state index in [1.807, 2.05) is 0 Å². The fourth-order valence-corrected chi connectivity index (χ4v) is 2.45. The number of nitrogens with one attached hydrogen (secondary N) is 1. The van der Waals surface area contributed by atoms with Gasteiger partial charge in [0.1, 0.15) is 5.82 Å². The van der Waals surface area contributed by atoms with E-state index >= 15 is 0 Å². The van der Waals surface area contributed by atoms with Crippen molar-refractivity contribution in [2.45, 2.75) is 11.3 Å². The van der Waals surface area contributed by atoms with Crippen molar-refractivity contribution in [1.82, 2.24) is 0 Å². The fraction of sp³-hybridized carbons (Fsp3) is 0.200. The predicted octanol–water partition coefficient (Wildman–Crippen LogP) is 2.88. The smallest absolute Gasteiger partial charge is 0.175 e. The van der Waals surface area contributed by atoms with Gasteiger partial charge in [-0.2, -0.15) is 0 Å². The van der Waals surface area contributed by atoms with E-state index in [9.17, 15) is 12.8 Å². The first-order valence-corrected chi connectivity index (χ1v) is 8.13. The molecule has 3 nitrogen and oxygen atoms in total. The number of benzene rings is 2. The van der Waals surface area contributed by atoms with Gasteiger partial charge in [-0.25, -0.2) is 12.8 Å². The summed E-state index contributed by atoms with van der Waals surface area (Å²) in [6.07, 6.45) is 1.96. The quantitative estimate of drug-likeness (QED) is 0.922. The summed E-state index contributed by atoms with van der Waals surface area (Å²) in [6.45, 7) is 0.698. The van der Waals surface area contributed by atoms with Crippen LogP contribution in [0.4, 0.5) is 10.1 Å². The summed E-state index contributed by atoms with van der Waals surface area (Å²) in [5.41, 5.74) is 1.91. The molecule has 0 radical (unpaired) electrons. The van der Waals surface area contributed by atoms with Crippen LogP contribution < -0.4 is 5.32 Å². The van der Waals surface area contributed by atoms with Gasteiger partial charge >= 0.3 is 0 Å². The summed E-state index contributed by atoms with van der Waals surface area (Å²) in [7, 11) is -3.15. The molecule has 0 saturated heterocycles. The molecule has 5 heteroatoms. The zero-order chi connectivity index (χ0) is 14.6. The molecule has 0 aliphatic rings. The van der Waals surface area contributed by atoms with E-state index in [0.29, 0.717) is 11.4 Å². The highest BCUT2D eigenvalue weighted by molar-refractivity contribution is 7.90. The third-order valence-electron chi connectivity index (χ3n) is 2.94. The molecule has 2 aromatic carbocycles. The average Bonchev–Trinajstić information content (AvgIpc) is 2.41. The molecule has 2 rings (SSSR count). The van der Waals surface area contributed by atoms with Gasteiger partial charge in [0.15, 0.2) is 9.84 Å². The molecule has 0 saturated carbocycles. The Morgan fingerprint density at radius 2 is 1.60 bits per heavy atom. The van der Waals surface area contributed by atoms with Gasteiger partial charge in [-0.3, -0.25) is 0 Å². The molecular weight excluding hydrogens is 277 g/mol. The molecule has 0 bridgehead atoms. The van der Waals surface area contributed by atoms with Gasteiger partial charge in [0.2, 0.25) is 0 Å². The first-order chi connectivity index (χ1) is 9.45. The molecule has 0 atom stereocenters. The highest BCUT2D eigenvalue weighted by Crippen LogP contribution is 2.14. The minimum Gasteiger partial charge on any atom is -0.385 e. The topological polar surface area (TPSA) is 46.2 Å². The van der Waals surface area contributed by atoms with Crippen LogP contribution in [0.1, 0.15) is 5.56 Å². The molecule has 0 fully saturated rings. The van der Waals surface area contributed by atoms with Crippen molar-refractivity contribution >= 4 is 15.5 Å².